The highest BCUT2D eigenvalue weighted by atomic mass is 35.5. The highest BCUT2D eigenvalue weighted by molar-refractivity contribution is 6.34. The molecule has 1 atom stereocenters. The summed E-state index contributed by atoms with van der Waals surface area (Å²) in [6, 6.07) is 4.17. The number of epoxide rings is 1. The van der Waals surface area contributed by atoms with Crippen molar-refractivity contribution < 1.29 is 9.47 Å². The molecule has 0 saturated carbocycles. The van der Waals surface area contributed by atoms with Gasteiger partial charge in [-0.3, -0.25) is 0 Å². The fraction of sp³-hybridized carbons (Fsp3) is 0.600. The van der Waals surface area contributed by atoms with Crippen LogP contribution in [-0.4, -0.2) is 32.4 Å². The number of nitrogens with zero attached hydrogens (tertiary/aromatic N) is 1. The summed E-state index contributed by atoms with van der Waals surface area (Å²) in [7, 11) is 0. The number of anilines is 1. The number of aryl methyl sites for hydroxylation is 1. The molecule has 2 fully saturated rings. The van der Waals surface area contributed by atoms with E-state index in [2.05, 4.69) is 17.9 Å². The maximum atomic E-state index is 6.51. The Labute approximate surface area is 119 Å². The Hall–Kier alpha value is -0.930. The zero-order valence-electron chi connectivity index (χ0n) is 11.3. The Morgan fingerprint density at radius 3 is 2.74 bits per heavy atom. The van der Waals surface area contributed by atoms with Gasteiger partial charge in [0.05, 0.1) is 12.3 Å². The van der Waals surface area contributed by atoms with Gasteiger partial charge in [0.25, 0.3) is 0 Å². The predicted octanol–water partition coefficient (Wildman–Crippen LogP) is 3.42. The average molecular weight is 282 g/mol. The third-order valence-electron chi connectivity index (χ3n) is 3.69. The first kappa shape index (κ1) is 13.1. The van der Waals surface area contributed by atoms with E-state index in [4.69, 9.17) is 21.1 Å². The van der Waals surface area contributed by atoms with Crippen molar-refractivity contribution in [3.8, 4) is 5.75 Å². The van der Waals surface area contributed by atoms with Crippen molar-refractivity contribution in [2.24, 2.45) is 0 Å². The van der Waals surface area contributed by atoms with Crippen LogP contribution < -0.4 is 9.64 Å². The van der Waals surface area contributed by atoms with Crippen molar-refractivity contribution in [3.63, 3.8) is 0 Å². The van der Waals surface area contributed by atoms with Crippen LogP contribution in [0, 0.1) is 6.92 Å². The van der Waals surface area contributed by atoms with Crippen LogP contribution in [0.5, 0.6) is 5.75 Å². The van der Waals surface area contributed by atoms with E-state index in [1.165, 1.54) is 24.8 Å². The van der Waals surface area contributed by atoms with Gasteiger partial charge < -0.3 is 14.4 Å². The monoisotopic (exact) mass is 281 g/mol. The molecule has 3 rings (SSSR count). The normalized spacial score (nSPS) is 22.4. The van der Waals surface area contributed by atoms with Gasteiger partial charge in [-0.1, -0.05) is 11.6 Å². The Kier molecular flexibility index (Phi) is 3.85. The van der Waals surface area contributed by atoms with Crippen LogP contribution in [0.3, 0.4) is 0 Å². The minimum atomic E-state index is 0.259. The standard InChI is InChI=1S/C15H20ClNO2/c1-11-7-13(17-5-3-2-4-6-17)15(16)14(8-11)19-10-12-9-18-12/h7-8,12H,2-6,9-10H2,1H3. The minimum absolute atomic E-state index is 0.259. The lowest BCUT2D eigenvalue weighted by Gasteiger charge is -2.30. The Bertz CT molecular complexity index is 454. The van der Waals surface area contributed by atoms with Crippen LogP contribution in [-0.2, 0) is 4.74 Å². The van der Waals surface area contributed by atoms with Gasteiger partial charge >= 0.3 is 0 Å². The number of rotatable bonds is 4. The van der Waals surface area contributed by atoms with Gasteiger partial charge in [0.1, 0.15) is 23.5 Å². The maximum absolute atomic E-state index is 6.51. The second-order valence-electron chi connectivity index (χ2n) is 5.41. The number of ether oxygens (including phenoxy) is 2. The van der Waals surface area contributed by atoms with Crippen LogP contribution in [0.25, 0.3) is 0 Å². The van der Waals surface area contributed by atoms with E-state index >= 15 is 0 Å². The van der Waals surface area contributed by atoms with Crippen molar-refractivity contribution in [2.75, 3.05) is 31.2 Å². The molecule has 19 heavy (non-hydrogen) atoms. The second-order valence-corrected chi connectivity index (χ2v) is 5.79. The van der Waals surface area contributed by atoms with Crippen LogP contribution in [0.15, 0.2) is 12.1 Å². The number of benzene rings is 1. The van der Waals surface area contributed by atoms with Crippen LogP contribution >= 0.6 is 11.6 Å². The molecule has 0 amide bonds. The number of halogens is 1. The third-order valence-corrected chi connectivity index (χ3v) is 4.07. The third kappa shape index (κ3) is 3.15. The van der Waals surface area contributed by atoms with E-state index in [9.17, 15) is 0 Å². The molecule has 0 radical (unpaired) electrons. The molecule has 4 heteroatoms. The smallest absolute Gasteiger partial charge is 0.140 e. The highest BCUT2D eigenvalue weighted by Gasteiger charge is 2.24. The molecule has 0 aromatic heterocycles. The minimum Gasteiger partial charge on any atom is -0.489 e. The summed E-state index contributed by atoms with van der Waals surface area (Å²) in [5.41, 5.74) is 2.31. The Morgan fingerprint density at radius 1 is 1.32 bits per heavy atom. The SMILES string of the molecule is Cc1cc(OCC2CO2)c(Cl)c(N2CCCCC2)c1. The van der Waals surface area contributed by atoms with E-state index in [1.54, 1.807) is 0 Å². The molecule has 0 bridgehead atoms. The summed E-state index contributed by atoms with van der Waals surface area (Å²) in [6.07, 6.45) is 4.07. The fourth-order valence-electron chi connectivity index (χ4n) is 2.53. The van der Waals surface area contributed by atoms with Gasteiger partial charge in [0.2, 0.25) is 0 Å². The van der Waals surface area contributed by atoms with E-state index in [0.717, 1.165) is 36.2 Å². The molecule has 2 aliphatic rings. The van der Waals surface area contributed by atoms with Crippen molar-refractivity contribution in [1.82, 2.24) is 0 Å². The first-order valence-electron chi connectivity index (χ1n) is 7.03. The number of hydrogen-bond acceptors (Lipinski definition) is 3. The van der Waals surface area contributed by atoms with Crippen molar-refractivity contribution in [2.45, 2.75) is 32.3 Å². The number of hydrogen-bond donors (Lipinski definition) is 0. The zero-order valence-corrected chi connectivity index (χ0v) is 12.1. The van der Waals surface area contributed by atoms with E-state index in [0.29, 0.717) is 6.61 Å². The summed E-state index contributed by atoms with van der Waals surface area (Å²) < 4.78 is 11.0. The molecule has 2 aliphatic heterocycles. The van der Waals surface area contributed by atoms with Gasteiger partial charge in [0.15, 0.2) is 0 Å². The molecular weight excluding hydrogens is 262 g/mol. The highest BCUT2D eigenvalue weighted by Crippen LogP contribution is 2.37. The Morgan fingerprint density at radius 2 is 2.05 bits per heavy atom. The fourth-order valence-corrected chi connectivity index (χ4v) is 2.82. The molecule has 2 heterocycles. The summed E-state index contributed by atoms with van der Waals surface area (Å²) in [5, 5.41) is 0.744. The van der Waals surface area contributed by atoms with Crippen LogP contribution in [0.1, 0.15) is 24.8 Å². The lowest BCUT2D eigenvalue weighted by atomic mass is 10.1. The van der Waals surface area contributed by atoms with Crippen molar-refractivity contribution in [3.05, 3.63) is 22.7 Å². The summed E-state index contributed by atoms with van der Waals surface area (Å²) in [5.74, 6) is 0.790. The topological polar surface area (TPSA) is 25.0 Å². The molecule has 0 aliphatic carbocycles. The van der Waals surface area contributed by atoms with Gasteiger partial charge in [-0.15, -0.1) is 0 Å². The number of piperidine rings is 1. The maximum Gasteiger partial charge on any atom is 0.140 e. The molecule has 1 aromatic carbocycles. The molecule has 104 valence electrons. The molecule has 3 nitrogen and oxygen atoms in total. The van der Waals surface area contributed by atoms with Crippen molar-refractivity contribution >= 4 is 17.3 Å². The lowest BCUT2D eigenvalue weighted by Crippen LogP contribution is -2.29. The summed E-state index contributed by atoms with van der Waals surface area (Å²) in [4.78, 5) is 2.37. The van der Waals surface area contributed by atoms with E-state index in [1.807, 2.05) is 6.07 Å². The largest absolute Gasteiger partial charge is 0.489 e. The van der Waals surface area contributed by atoms with Gasteiger partial charge in [-0.25, -0.2) is 0 Å². The summed E-state index contributed by atoms with van der Waals surface area (Å²) >= 11 is 6.51. The van der Waals surface area contributed by atoms with Crippen molar-refractivity contribution in [1.29, 1.82) is 0 Å². The molecule has 0 spiro atoms. The van der Waals surface area contributed by atoms with Crippen LogP contribution in [0.4, 0.5) is 5.69 Å². The molecule has 2 saturated heterocycles. The quantitative estimate of drug-likeness (QED) is 0.791. The molecule has 1 aromatic rings. The van der Waals surface area contributed by atoms with Gasteiger partial charge in [-0.2, -0.15) is 0 Å². The van der Waals surface area contributed by atoms with Crippen LogP contribution in [0.2, 0.25) is 5.02 Å². The first-order valence-corrected chi connectivity index (χ1v) is 7.41. The molecule has 1 unspecified atom stereocenters. The van der Waals surface area contributed by atoms with E-state index in [-0.39, 0.29) is 6.10 Å². The lowest BCUT2D eigenvalue weighted by molar-refractivity contribution is 0.263. The Balaban J connectivity index is 1.80. The summed E-state index contributed by atoms with van der Waals surface area (Å²) in [6.45, 7) is 5.68. The first-order chi connectivity index (χ1) is 9.24. The second kappa shape index (κ2) is 5.59. The molecule has 0 N–H and O–H groups in total. The molecular formula is C15H20ClNO2. The predicted molar refractivity (Wildman–Crippen MR) is 77.5 cm³/mol. The average Bonchev–Trinajstić information content (AvgIpc) is 3.24. The van der Waals surface area contributed by atoms with E-state index < -0.39 is 0 Å². The van der Waals surface area contributed by atoms with Gasteiger partial charge in [-0.05, 0) is 43.9 Å². The zero-order chi connectivity index (χ0) is 13.2. The van der Waals surface area contributed by atoms with Gasteiger partial charge in [0, 0.05) is 13.1 Å².